The van der Waals surface area contributed by atoms with E-state index >= 15 is 0 Å². The van der Waals surface area contributed by atoms with Gasteiger partial charge in [0, 0.05) is 18.8 Å². The fraction of sp³-hybridized carbons (Fsp3) is 0.500. The zero-order valence-corrected chi connectivity index (χ0v) is 7.59. The quantitative estimate of drug-likeness (QED) is 0.630. The highest BCUT2D eigenvalue weighted by molar-refractivity contribution is 5.61. The van der Waals surface area contributed by atoms with Crippen molar-refractivity contribution in [3.8, 4) is 0 Å². The van der Waals surface area contributed by atoms with Crippen molar-refractivity contribution in [2.45, 2.75) is 19.3 Å². The molecule has 1 N–H and O–H groups in total. The van der Waals surface area contributed by atoms with E-state index in [1.165, 1.54) is 12.0 Å². The molecule has 1 rings (SSSR count). The second kappa shape index (κ2) is 5.72. The van der Waals surface area contributed by atoms with Gasteiger partial charge in [0.1, 0.15) is 0 Å². The molecule has 0 atom stereocenters. The summed E-state index contributed by atoms with van der Waals surface area (Å²) in [6, 6.07) is 0. The summed E-state index contributed by atoms with van der Waals surface area (Å²) in [5.74, 6) is 0. The van der Waals surface area contributed by atoms with Crippen LogP contribution in [-0.4, -0.2) is 19.8 Å². The predicted octanol–water partition coefficient (Wildman–Crippen LogP) is 1.90. The van der Waals surface area contributed by atoms with Crippen molar-refractivity contribution in [2.75, 3.05) is 13.6 Å². The van der Waals surface area contributed by atoms with Crippen LogP contribution >= 0.6 is 0 Å². The minimum atomic E-state index is 0.974. The molecule has 2 heteroatoms. The van der Waals surface area contributed by atoms with E-state index in [4.69, 9.17) is 0 Å². The molecular weight excluding hydrogens is 148 g/mol. The average Bonchev–Trinajstić information content (AvgIpc) is 2.33. The Kier molecular flexibility index (Phi) is 4.39. The predicted molar refractivity (Wildman–Crippen MR) is 53.5 cm³/mol. The molecule has 1 heterocycles. The topological polar surface area (TPSA) is 24.4 Å². The third-order valence-corrected chi connectivity index (χ3v) is 1.86. The first kappa shape index (κ1) is 9.20. The Morgan fingerprint density at radius 3 is 3.33 bits per heavy atom. The molecule has 0 amide bonds. The van der Waals surface area contributed by atoms with Gasteiger partial charge in [0.05, 0.1) is 0 Å². The number of nitrogens with zero attached hydrogens (tertiary/aromatic N) is 1. The molecule has 0 spiro atoms. The minimum absolute atomic E-state index is 0.974. The molecule has 0 bridgehead atoms. The van der Waals surface area contributed by atoms with Gasteiger partial charge < -0.3 is 5.32 Å². The van der Waals surface area contributed by atoms with Gasteiger partial charge >= 0.3 is 0 Å². The number of nitrogens with one attached hydrogen (secondary N) is 1. The maximum Gasteiger partial charge on any atom is 0.0266 e. The Hall–Kier alpha value is -0.890. The number of aliphatic imine (C=N–C) groups is 1. The van der Waals surface area contributed by atoms with Crippen molar-refractivity contribution in [2.24, 2.45) is 4.99 Å². The fourth-order valence-corrected chi connectivity index (χ4v) is 1.19. The lowest BCUT2D eigenvalue weighted by molar-refractivity contribution is 0.726. The summed E-state index contributed by atoms with van der Waals surface area (Å²) in [5.41, 5.74) is 1.41. The summed E-state index contributed by atoms with van der Waals surface area (Å²) in [6.45, 7) is 1.09. The van der Waals surface area contributed by atoms with Crippen molar-refractivity contribution in [3.05, 3.63) is 23.9 Å². The Morgan fingerprint density at radius 1 is 1.58 bits per heavy atom. The van der Waals surface area contributed by atoms with Crippen molar-refractivity contribution in [1.82, 2.24) is 5.32 Å². The van der Waals surface area contributed by atoms with Gasteiger partial charge in [-0.1, -0.05) is 11.6 Å². The monoisotopic (exact) mass is 164 g/mol. The van der Waals surface area contributed by atoms with E-state index in [1.807, 2.05) is 19.5 Å². The van der Waals surface area contributed by atoms with Crippen LogP contribution in [-0.2, 0) is 0 Å². The molecule has 0 saturated carbocycles. The number of hydrogen-bond acceptors (Lipinski definition) is 2. The van der Waals surface area contributed by atoms with Gasteiger partial charge in [0.15, 0.2) is 0 Å². The summed E-state index contributed by atoms with van der Waals surface area (Å²) in [7, 11) is 1.99. The normalized spacial score (nSPS) is 15.9. The summed E-state index contributed by atoms with van der Waals surface area (Å²) in [5, 5.41) is 3.14. The van der Waals surface area contributed by atoms with Crippen molar-refractivity contribution in [1.29, 1.82) is 0 Å². The highest BCUT2D eigenvalue weighted by atomic mass is 14.8. The summed E-state index contributed by atoms with van der Waals surface area (Å²) >= 11 is 0. The Balaban J connectivity index is 2.27. The Morgan fingerprint density at radius 2 is 2.50 bits per heavy atom. The van der Waals surface area contributed by atoms with Crippen LogP contribution < -0.4 is 5.32 Å². The average molecular weight is 164 g/mol. The molecule has 0 aromatic heterocycles. The molecule has 1 aliphatic heterocycles. The SMILES string of the molecule is CNCCCC1=CCC=NC=C1. The van der Waals surface area contributed by atoms with Crippen molar-refractivity contribution >= 4 is 6.21 Å². The van der Waals surface area contributed by atoms with E-state index in [0.29, 0.717) is 0 Å². The zero-order chi connectivity index (χ0) is 8.65. The third-order valence-electron chi connectivity index (χ3n) is 1.86. The third kappa shape index (κ3) is 3.49. The van der Waals surface area contributed by atoms with E-state index in [-0.39, 0.29) is 0 Å². The van der Waals surface area contributed by atoms with Gasteiger partial charge in [0.25, 0.3) is 0 Å². The molecule has 0 aliphatic carbocycles. The first-order valence-corrected chi connectivity index (χ1v) is 4.45. The van der Waals surface area contributed by atoms with E-state index in [0.717, 1.165) is 19.4 Å². The summed E-state index contributed by atoms with van der Waals surface area (Å²) in [4.78, 5) is 4.08. The summed E-state index contributed by atoms with van der Waals surface area (Å²) in [6.07, 6.45) is 11.5. The van der Waals surface area contributed by atoms with Crippen LogP contribution in [0.2, 0.25) is 0 Å². The number of hydrogen-bond donors (Lipinski definition) is 1. The second-order valence-corrected chi connectivity index (χ2v) is 2.87. The molecule has 0 fully saturated rings. The van der Waals surface area contributed by atoms with Crippen LogP contribution in [0.3, 0.4) is 0 Å². The first-order valence-electron chi connectivity index (χ1n) is 4.45. The lowest BCUT2D eigenvalue weighted by Crippen LogP contribution is -2.07. The summed E-state index contributed by atoms with van der Waals surface area (Å²) < 4.78 is 0. The van der Waals surface area contributed by atoms with Gasteiger partial charge in [0.2, 0.25) is 0 Å². The zero-order valence-electron chi connectivity index (χ0n) is 7.59. The smallest absolute Gasteiger partial charge is 0.0266 e. The first-order chi connectivity index (χ1) is 5.93. The van der Waals surface area contributed by atoms with Gasteiger partial charge in [-0.3, -0.25) is 4.99 Å². The fourth-order valence-electron chi connectivity index (χ4n) is 1.19. The van der Waals surface area contributed by atoms with E-state index in [9.17, 15) is 0 Å². The molecular formula is C10H16N2. The molecule has 0 radical (unpaired) electrons. The Labute approximate surface area is 74.1 Å². The van der Waals surface area contributed by atoms with Crippen LogP contribution in [0, 0.1) is 0 Å². The molecule has 12 heavy (non-hydrogen) atoms. The molecule has 1 aliphatic rings. The van der Waals surface area contributed by atoms with Crippen LogP contribution in [0.4, 0.5) is 0 Å². The molecule has 0 aromatic carbocycles. The van der Waals surface area contributed by atoms with Crippen LogP contribution in [0.15, 0.2) is 28.9 Å². The van der Waals surface area contributed by atoms with E-state index < -0.39 is 0 Å². The van der Waals surface area contributed by atoms with Gasteiger partial charge in [-0.25, -0.2) is 0 Å². The van der Waals surface area contributed by atoms with Crippen LogP contribution in [0.1, 0.15) is 19.3 Å². The highest BCUT2D eigenvalue weighted by Gasteiger charge is 1.93. The largest absolute Gasteiger partial charge is 0.320 e. The van der Waals surface area contributed by atoms with Gasteiger partial charge in [-0.05, 0) is 32.5 Å². The van der Waals surface area contributed by atoms with Crippen molar-refractivity contribution < 1.29 is 0 Å². The molecule has 0 aromatic rings. The van der Waals surface area contributed by atoms with Crippen molar-refractivity contribution in [3.63, 3.8) is 0 Å². The van der Waals surface area contributed by atoms with E-state index in [2.05, 4.69) is 22.5 Å². The second-order valence-electron chi connectivity index (χ2n) is 2.87. The number of allylic oxidation sites excluding steroid dienone is 3. The lowest BCUT2D eigenvalue weighted by Gasteiger charge is -2.00. The van der Waals surface area contributed by atoms with Crippen LogP contribution in [0.5, 0.6) is 0 Å². The van der Waals surface area contributed by atoms with Gasteiger partial charge in [-0.15, -0.1) is 0 Å². The standard InChI is InChI=1S/C10H16N2/c1-11-7-2-4-10-5-3-8-12-9-6-10/h5-6,8-9,11H,2-4,7H2,1H3. The molecule has 0 saturated heterocycles. The van der Waals surface area contributed by atoms with E-state index in [1.54, 1.807) is 0 Å². The maximum absolute atomic E-state index is 4.08. The van der Waals surface area contributed by atoms with Crippen LogP contribution in [0.25, 0.3) is 0 Å². The minimum Gasteiger partial charge on any atom is -0.320 e. The van der Waals surface area contributed by atoms with Gasteiger partial charge in [-0.2, -0.15) is 0 Å². The maximum atomic E-state index is 4.08. The number of rotatable bonds is 4. The molecule has 2 nitrogen and oxygen atoms in total. The molecule has 66 valence electrons. The highest BCUT2D eigenvalue weighted by Crippen LogP contribution is 2.09. The Bertz CT molecular complexity index is 202. The lowest BCUT2D eigenvalue weighted by atomic mass is 10.1. The molecule has 0 unspecified atom stereocenters.